The first kappa shape index (κ1) is 30.0. The van der Waals surface area contributed by atoms with Gasteiger partial charge in [-0.25, -0.2) is 4.79 Å². The number of carboxylic acid groups (broad SMARTS) is 1. The van der Waals surface area contributed by atoms with Gasteiger partial charge in [0.25, 0.3) is 0 Å². The zero-order valence-electron chi connectivity index (χ0n) is 19.1. The summed E-state index contributed by atoms with van der Waals surface area (Å²) < 4.78 is 0. The summed E-state index contributed by atoms with van der Waals surface area (Å²) in [7, 11) is 0. The predicted octanol–water partition coefficient (Wildman–Crippen LogP) is -3.56. The molecule has 0 bridgehead atoms. The average molecular weight is 475 g/mol. The molecule has 13 N–H and O–H groups in total. The van der Waals surface area contributed by atoms with Gasteiger partial charge in [-0.1, -0.05) is 6.42 Å². The van der Waals surface area contributed by atoms with Gasteiger partial charge in [0.2, 0.25) is 17.7 Å². The van der Waals surface area contributed by atoms with Gasteiger partial charge in [-0.05, 0) is 46.1 Å². The van der Waals surface area contributed by atoms with Crippen LogP contribution in [0.4, 0.5) is 0 Å². The molecule has 0 heterocycles. The van der Waals surface area contributed by atoms with Crippen LogP contribution in [0.3, 0.4) is 0 Å². The van der Waals surface area contributed by atoms with Crippen LogP contribution < -0.4 is 38.9 Å². The van der Waals surface area contributed by atoms with Crippen LogP contribution in [0, 0.1) is 0 Å². The van der Waals surface area contributed by atoms with Crippen LogP contribution in [0.2, 0.25) is 0 Å². The Labute approximate surface area is 192 Å². The predicted molar refractivity (Wildman–Crippen MR) is 122 cm³/mol. The van der Waals surface area contributed by atoms with Gasteiger partial charge in [0, 0.05) is 6.54 Å². The summed E-state index contributed by atoms with van der Waals surface area (Å²) in [6.45, 7) is 3.28. The molecular weight excluding hydrogens is 436 g/mol. The Bertz CT molecular complexity index is 683. The molecule has 0 aromatic rings. The molecule has 0 aromatic carbocycles. The summed E-state index contributed by atoms with van der Waals surface area (Å²) in [5.41, 5.74) is 21.7. The standard InChI is InChI=1S/C19H38N8O6/c1-10(25-16(30)12(21)6-3-4-8-20)15(29)26-13(7-5-9-24-19(22)23)17(31)27-14(11(2)28)18(32)33/h10-14,28H,3-9,20-21H2,1-2H3,(H,25,30)(H,26,29)(H,27,31)(H,32,33)(H4,22,23,24). The second-order valence-electron chi connectivity index (χ2n) is 7.70. The van der Waals surface area contributed by atoms with E-state index in [9.17, 15) is 29.4 Å². The van der Waals surface area contributed by atoms with Crippen LogP contribution >= 0.6 is 0 Å². The molecule has 0 saturated heterocycles. The van der Waals surface area contributed by atoms with Crippen LogP contribution in [0.5, 0.6) is 0 Å². The molecule has 14 nitrogen and oxygen atoms in total. The Morgan fingerprint density at radius 1 is 0.909 bits per heavy atom. The Balaban J connectivity index is 5.14. The maximum atomic E-state index is 12.6. The number of hydrogen-bond donors (Lipinski definition) is 9. The van der Waals surface area contributed by atoms with Gasteiger partial charge in [0.1, 0.15) is 12.1 Å². The van der Waals surface area contributed by atoms with Crippen molar-refractivity contribution in [3.05, 3.63) is 0 Å². The summed E-state index contributed by atoms with van der Waals surface area (Å²) in [4.78, 5) is 52.4. The van der Waals surface area contributed by atoms with E-state index in [0.29, 0.717) is 19.4 Å². The minimum atomic E-state index is -1.57. The van der Waals surface area contributed by atoms with Crippen molar-refractivity contribution < 1.29 is 29.4 Å². The third kappa shape index (κ3) is 12.6. The second-order valence-corrected chi connectivity index (χ2v) is 7.70. The highest BCUT2D eigenvalue weighted by Crippen LogP contribution is 2.03. The third-order valence-corrected chi connectivity index (χ3v) is 4.68. The van der Waals surface area contributed by atoms with Crippen LogP contribution in [0.25, 0.3) is 0 Å². The van der Waals surface area contributed by atoms with Crippen molar-refractivity contribution in [2.24, 2.45) is 27.9 Å². The summed E-state index contributed by atoms with van der Waals surface area (Å²) in [5, 5.41) is 25.9. The lowest BCUT2D eigenvalue weighted by atomic mass is 10.1. The highest BCUT2D eigenvalue weighted by molar-refractivity contribution is 5.93. The first-order valence-corrected chi connectivity index (χ1v) is 10.7. The fraction of sp³-hybridized carbons (Fsp3) is 0.737. The number of carboxylic acids is 1. The molecule has 5 atom stereocenters. The number of hydrogen-bond acceptors (Lipinski definition) is 8. The lowest BCUT2D eigenvalue weighted by Crippen LogP contribution is -2.57. The van der Waals surface area contributed by atoms with Crippen LogP contribution in [-0.2, 0) is 19.2 Å². The molecule has 0 fully saturated rings. The van der Waals surface area contributed by atoms with E-state index in [2.05, 4.69) is 20.9 Å². The highest BCUT2D eigenvalue weighted by Gasteiger charge is 2.30. The molecule has 0 spiro atoms. The number of nitrogens with one attached hydrogen (secondary N) is 3. The SMILES string of the molecule is CC(NC(=O)C(N)CCCCN)C(=O)NC(CCCN=C(N)N)C(=O)NC(C(=O)O)C(C)O. The number of nitrogens with two attached hydrogens (primary N) is 4. The van der Waals surface area contributed by atoms with Gasteiger partial charge >= 0.3 is 5.97 Å². The molecule has 0 aromatic heterocycles. The number of amides is 3. The van der Waals surface area contributed by atoms with Crippen molar-refractivity contribution in [2.75, 3.05) is 13.1 Å². The number of carbonyl (C=O) groups is 4. The fourth-order valence-corrected chi connectivity index (χ4v) is 2.74. The Morgan fingerprint density at radius 2 is 1.55 bits per heavy atom. The number of unbranched alkanes of at least 4 members (excludes halogenated alkanes) is 1. The second kappa shape index (κ2) is 15.8. The van der Waals surface area contributed by atoms with E-state index in [1.54, 1.807) is 0 Å². The average Bonchev–Trinajstić information content (AvgIpc) is 2.72. The fourth-order valence-electron chi connectivity index (χ4n) is 2.74. The maximum Gasteiger partial charge on any atom is 0.328 e. The van der Waals surface area contributed by atoms with Crippen LogP contribution in [0.15, 0.2) is 4.99 Å². The van der Waals surface area contributed by atoms with E-state index in [4.69, 9.17) is 22.9 Å². The first-order chi connectivity index (χ1) is 15.4. The van der Waals surface area contributed by atoms with E-state index in [-0.39, 0.29) is 25.3 Å². The normalized spacial score (nSPS) is 15.3. The first-order valence-electron chi connectivity index (χ1n) is 10.7. The molecule has 0 rings (SSSR count). The van der Waals surface area contributed by atoms with Crippen molar-refractivity contribution in [3.63, 3.8) is 0 Å². The molecule has 33 heavy (non-hydrogen) atoms. The molecule has 0 aliphatic carbocycles. The molecule has 14 heteroatoms. The number of nitrogens with zero attached hydrogens (tertiary/aromatic N) is 1. The summed E-state index contributed by atoms with van der Waals surface area (Å²) in [6.07, 6.45) is 0.775. The minimum absolute atomic E-state index is 0.0692. The molecule has 190 valence electrons. The summed E-state index contributed by atoms with van der Waals surface area (Å²) in [6, 6.07) is -4.56. The van der Waals surface area contributed by atoms with E-state index < -0.39 is 54.0 Å². The molecule has 0 aliphatic heterocycles. The highest BCUT2D eigenvalue weighted by atomic mass is 16.4. The molecular formula is C19H38N8O6. The van der Waals surface area contributed by atoms with E-state index in [1.165, 1.54) is 13.8 Å². The van der Waals surface area contributed by atoms with Crippen molar-refractivity contribution in [1.82, 2.24) is 16.0 Å². The Morgan fingerprint density at radius 3 is 2.06 bits per heavy atom. The number of guanidine groups is 1. The van der Waals surface area contributed by atoms with Crippen molar-refractivity contribution in [3.8, 4) is 0 Å². The van der Waals surface area contributed by atoms with Gasteiger partial charge in [-0.3, -0.25) is 19.4 Å². The number of aliphatic hydroxyl groups is 1. The van der Waals surface area contributed by atoms with Gasteiger partial charge in [-0.15, -0.1) is 0 Å². The van der Waals surface area contributed by atoms with Gasteiger partial charge in [0.15, 0.2) is 12.0 Å². The number of aliphatic imine (C=N–C) groups is 1. The van der Waals surface area contributed by atoms with E-state index in [1.807, 2.05) is 0 Å². The molecule has 5 unspecified atom stereocenters. The zero-order valence-corrected chi connectivity index (χ0v) is 19.1. The smallest absolute Gasteiger partial charge is 0.328 e. The van der Waals surface area contributed by atoms with Crippen molar-refractivity contribution in [1.29, 1.82) is 0 Å². The summed E-state index contributed by atoms with van der Waals surface area (Å²) in [5.74, 6) is -3.60. The number of aliphatic hydroxyl groups excluding tert-OH is 1. The topological polar surface area (TPSA) is 261 Å². The number of rotatable bonds is 16. The van der Waals surface area contributed by atoms with Gasteiger partial charge in [0.05, 0.1) is 12.1 Å². The van der Waals surface area contributed by atoms with E-state index in [0.717, 1.165) is 6.42 Å². The Hall–Kier alpha value is -2.97. The van der Waals surface area contributed by atoms with E-state index >= 15 is 0 Å². The molecule has 3 amide bonds. The Kier molecular flexibility index (Phi) is 14.4. The minimum Gasteiger partial charge on any atom is -0.480 e. The van der Waals surface area contributed by atoms with Gasteiger partial charge < -0.3 is 49.1 Å². The molecule has 0 saturated carbocycles. The molecule has 0 aliphatic rings. The van der Waals surface area contributed by atoms with Crippen LogP contribution in [0.1, 0.15) is 46.0 Å². The monoisotopic (exact) mass is 474 g/mol. The molecule has 0 radical (unpaired) electrons. The number of carbonyl (C=O) groups excluding carboxylic acids is 3. The zero-order chi connectivity index (χ0) is 25.6. The van der Waals surface area contributed by atoms with Crippen molar-refractivity contribution >= 4 is 29.7 Å². The quantitative estimate of drug-likeness (QED) is 0.0603. The van der Waals surface area contributed by atoms with Gasteiger partial charge in [-0.2, -0.15) is 0 Å². The van der Waals surface area contributed by atoms with Crippen molar-refractivity contribution in [2.45, 2.75) is 76.2 Å². The summed E-state index contributed by atoms with van der Waals surface area (Å²) >= 11 is 0. The third-order valence-electron chi connectivity index (χ3n) is 4.68. The number of aliphatic carboxylic acids is 1. The lowest BCUT2D eigenvalue weighted by molar-refractivity contribution is -0.145. The largest absolute Gasteiger partial charge is 0.480 e. The van der Waals surface area contributed by atoms with Crippen LogP contribution in [-0.4, -0.2) is 83.2 Å². The maximum absolute atomic E-state index is 12.6. The lowest BCUT2D eigenvalue weighted by Gasteiger charge is -2.24.